The molecule has 17 heavy (non-hydrogen) atoms. The van der Waals surface area contributed by atoms with Gasteiger partial charge in [-0.2, -0.15) is 0 Å². The van der Waals surface area contributed by atoms with Gasteiger partial charge in [0.2, 0.25) is 0 Å². The first kappa shape index (κ1) is 14.9. The Bertz CT molecular complexity index is 197. The molecule has 0 aromatic carbocycles. The van der Waals surface area contributed by atoms with E-state index < -0.39 is 0 Å². The molecule has 1 N–H and O–H groups in total. The number of rotatable bonds is 7. The van der Waals surface area contributed by atoms with Crippen LogP contribution in [0.25, 0.3) is 0 Å². The zero-order valence-electron chi connectivity index (χ0n) is 12.0. The minimum Gasteiger partial charge on any atom is -0.377 e. The van der Waals surface area contributed by atoms with Crippen LogP contribution in [0.3, 0.4) is 0 Å². The van der Waals surface area contributed by atoms with E-state index in [0.29, 0.717) is 18.2 Å². The van der Waals surface area contributed by atoms with Gasteiger partial charge in [-0.15, -0.1) is 0 Å². The smallest absolute Gasteiger partial charge is 0.0673 e. The van der Waals surface area contributed by atoms with Crippen molar-refractivity contribution in [1.82, 2.24) is 10.2 Å². The van der Waals surface area contributed by atoms with Crippen LogP contribution in [0.1, 0.15) is 47.0 Å². The lowest BCUT2D eigenvalue weighted by atomic mass is 10.0. The molecular weight excluding hydrogens is 212 g/mol. The normalized spacial score (nSPS) is 28.2. The molecule has 0 aromatic rings. The minimum atomic E-state index is 0.356. The Balaban J connectivity index is 2.44. The van der Waals surface area contributed by atoms with Crippen molar-refractivity contribution in [2.24, 2.45) is 0 Å². The van der Waals surface area contributed by atoms with E-state index >= 15 is 0 Å². The lowest BCUT2D eigenvalue weighted by molar-refractivity contribution is 0.0186. The first-order valence-electron chi connectivity index (χ1n) is 7.30. The van der Waals surface area contributed by atoms with Gasteiger partial charge in [0.05, 0.1) is 6.10 Å². The average Bonchev–Trinajstić information content (AvgIpc) is 2.30. The van der Waals surface area contributed by atoms with E-state index in [2.05, 4.69) is 37.9 Å². The highest BCUT2D eigenvalue weighted by Gasteiger charge is 2.27. The fourth-order valence-corrected chi connectivity index (χ4v) is 2.76. The Morgan fingerprint density at radius 3 is 2.71 bits per heavy atom. The Hall–Kier alpha value is -0.120. The molecule has 1 saturated heterocycles. The highest BCUT2D eigenvalue weighted by Crippen LogP contribution is 2.14. The van der Waals surface area contributed by atoms with Crippen molar-refractivity contribution >= 4 is 0 Å². The van der Waals surface area contributed by atoms with E-state index in [-0.39, 0.29) is 0 Å². The molecule has 0 aliphatic carbocycles. The van der Waals surface area contributed by atoms with Crippen molar-refractivity contribution in [3.05, 3.63) is 0 Å². The molecule has 1 rings (SSSR count). The summed E-state index contributed by atoms with van der Waals surface area (Å²) in [6, 6.07) is 1.36. The Morgan fingerprint density at radius 2 is 2.12 bits per heavy atom. The van der Waals surface area contributed by atoms with Gasteiger partial charge in [-0.25, -0.2) is 0 Å². The van der Waals surface area contributed by atoms with Crippen molar-refractivity contribution < 1.29 is 4.74 Å². The van der Waals surface area contributed by atoms with E-state index in [4.69, 9.17) is 4.74 Å². The summed E-state index contributed by atoms with van der Waals surface area (Å²) in [6.07, 6.45) is 4.14. The number of nitrogens with one attached hydrogen (secondary N) is 1. The highest BCUT2D eigenvalue weighted by molar-refractivity contribution is 4.86. The van der Waals surface area contributed by atoms with Crippen LogP contribution in [0.4, 0.5) is 0 Å². The summed E-state index contributed by atoms with van der Waals surface area (Å²) < 4.78 is 5.67. The molecule has 0 bridgehead atoms. The molecule has 3 heteroatoms. The van der Waals surface area contributed by atoms with Crippen LogP contribution in [0.5, 0.6) is 0 Å². The average molecular weight is 242 g/mol. The van der Waals surface area contributed by atoms with Crippen LogP contribution in [-0.2, 0) is 4.74 Å². The fraction of sp³-hybridized carbons (Fsp3) is 1.00. The summed E-state index contributed by atoms with van der Waals surface area (Å²) >= 11 is 0. The predicted molar refractivity (Wildman–Crippen MR) is 73.4 cm³/mol. The Labute approximate surface area is 107 Å². The lowest BCUT2D eigenvalue weighted by Gasteiger charge is -2.41. The number of hydrogen-bond donors (Lipinski definition) is 1. The van der Waals surface area contributed by atoms with E-state index in [9.17, 15) is 0 Å². The Kier molecular flexibility index (Phi) is 7.09. The van der Waals surface area contributed by atoms with E-state index in [1.165, 1.54) is 25.8 Å². The summed E-state index contributed by atoms with van der Waals surface area (Å²) in [5.41, 5.74) is 0. The van der Waals surface area contributed by atoms with Gasteiger partial charge in [-0.1, -0.05) is 20.3 Å². The number of nitrogens with zero attached hydrogens (tertiary/aromatic N) is 1. The molecule has 1 fully saturated rings. The fourth-order valence-electron chi connectivity index (χ4n) is 2.76. The van der Waals surface area contributed by atoms with E-state index in [1.54, 1.807) is 0 Å². The van der Waals surface area contributed by atoms with Gasteiger partial charge in [-0.05, 0) is 26.7 Å². The third-order valence-electron chi connectivity index (χ3n) is 3.66. The van der Waals surface area contributed by atoms with Gasteiger partial charge < -0.3 is 10.1 Å². The summed E-state index contributed by atoms with van der Waals surface area (Å²) in [5, 5.41) is 3.67. The molecule has 0 aromatic heterocycles. The summed E-state index contributed by atoms with van der Waals surface area (Å²) in [7, 11) is 0. The molecule has 1 aliphatic rings. The minimum absolute atomic E-state index is 0.356. The largest absolute Gasteiger partial charge is 0.377 e. The maximum Gasteiger partial charge on any atom is 0.0673 e. The molecule has 0 spiro atoms. The first-order chi connectivity index (χ1) is 8.21. The first-order valence-corrected chi connectivity index (χ1v) is 7.30. The predicted octanol–water partition coefficient (Wildman–Crippen LogP) is 2.26. The van der Waals surface area contributed by atoms with E-state index in [0.717, 1.165) is 19.7 Å². The molecule has 1 heterocycles. The maximum absolute atomic E-state index is 5.67. The van der Waals surface area contributed by atoms with Crippen LogP contribution in [0.15, 0.2) is 0 Å². The van der Waals surface area contributed by atoms with Crippen LogP contribution in [0, 0.1) is 0 Å². The number of piperazine rings is 1. The van der Waals surface area contributed by atoms with Gasteiger partial charge in [0.15, 0.2) is 0 Å². The van der Waals surface area contributed by atoms with Crippen molar-refractivity contribution in [3.8, 4) is 0 Å². The van der Waals surface area contributed by atoms with Crippen LogP contribution in [0.2, 0.25) is 0 Å². The topological polar surface area (TPSA) is 24.5 Å². The van der Waals surface area contributed by atoms with Crippen molar-refractivity contribution in [2.45, 2.75) is 65.1 Å². The van der Waals surface area contributed by atoms with Crippen molar-refractivity contribution in [3.63, 3.8) is 0 Å². The summed E-state index contributed by atoms with van der Waals surface area (Å²) in [4.78, 5) is 2.62. The quantitative estimate of drug-likeness (QED) is 0.741. The standard InChI is InChI=1S/C14H30N2O/c1-5-8-13-11-16(10-12(4)17-7-3)14(6-2)9-15-13/h12-15H,5-11H2,1-4H3. The number of hydrogen-bond acceptors (Lipinski definition) is 3. The second-order valence-electron chi connectivity index (χ2n) is 5.18. The number of ether oxygens (including phenoxy) is 1. The van der Waals surface area contributed by atoms with Gasteiger partial charge in [0.1, 0.15) is 0 Å². The molecular formula is C14H30N2O. The summed E-state index contributed by atoms with van der Waals surface area (Å²) in [5.74, 6) is 0. The van der Waals surface area contributed by atoms with Gasteiger partial charge in [-0.3, -0.25) is 4.90 Å². The molecule has 3 atom stereocenters. The third kappa shape index (κ3) is 4.94. The SMILES string of the molecule is CCCC1CN(CC(C)OCC)C(CC)CN1. The molecule has 3 nitrogen and oxygen atoms in total. The van der Waals surface area contributed by atoms with Crippen molar-refractivity contribution in [2.75, 3.05) is 26.2 Å². The van der Waals surface area contributed by atoms with E-state index in [1.807, 2.05) is 0 Å². The highest BCUT2D eigenvalue weighted by atomic mass is 16.5. The van der Waals surface area contributed by atoms with Gasteiger partial charge >= 0.3 is 0 Å². The lowest BCUT2D eigenvalue weighted by Crippen LogP contribution is -2.57. The molecule has 1 aliphatic heterocycles. The molecule has 0 radical (unpaired) electrons. The molecule has 102 valence electrons. The third-order valence-corrected chi connectivity index (χ3v) is 3.66. The van der Waals surface area contributed by atoms with Crippen LogP contribution >= 0.6 is 0 Å². The molecule has 3 unspecified atom stereocenters. The maximum atomic E-state index is 5.67. The summed E-state index contributed by atoms with van der Waals surface area (Å²) in [6.45, 7) is 13.0. The molecule has 0 saturated carbocycles. The van der Waals surface area contributed by atoms with Crippen molar-refractivity contribution in [1.29, 1.82) is 0 Å². The zero-order chi connectivity index (χ0) is 12.7. The van der Waals surface area contributed by atoms with Gasteiger partial charge in [0, 0.05) is 38.3 Å². The second kappa shape index (κ2) is 8.06. The molecule has 0 amide bonds. The zero-order valence-corrected chi connectivity index (χ0v) is 12.0. The van der Waals surface area contributed by atoms with Gasteiger partial charge in [0.25, 0.3) is 0 Å². The van der Waals surface area contributed by atoms with Crippen LogP contribution in [-0.4, -0.2) is 49.3 Å². The Morgan fingerprint density at radius 1 is 1.35 bits per heavy atom. The van der Waals surface area contributed by atoms with Crippen LogP contribution < -0.4 is 5.32 Å². The monoisotopic (exact) mass is 242 g/mol. The second-order valence-corrected chi connectivity index (χ2v) is 5.18.